The molecule has 1 atom stereocenters. The second-order valence-corrected chi connectivity index (χ2v) is 9.24. The van der Waals surface area contributed by atoms with E-state index in [4.69, 9.17) is 4.74 Å². The van der Waals surface area contributed by atoms with Crippen LogP contribution in [0.5, 0.6) is 11.5 Å². The van der Waals surface area contributed by atoms with Gasteiger partial charge in [0.05, 0.1) is 5.56 Å². The zero-order valence-electron chi connectivity index (χ0n) is 19.8. The number of aryl methyl sites for hydroxylation is 1. The van der Waals surface area contributed by atoms with Crippen LogP contribution in [0.25, 0.3) is 0 Å². The van der Waals surface area contributed by atoms with E-state index in [1.807, 2.05) is 43.3 Å². The maximum Gasteiger partial charge on any atom is 0.258 e. The summed E-state index contributed by atoms with van der Waals surface area (Å²) in [5, 5.41) is 0. The molecule has 1 saturated carbocycles. The van der Waals surface area contributed by atoms with Crippen molar-refractivity contribution in [3.05, 3.63) is 89.0 Å². The molecule has 0 heterocycles. The third-order valence-corrected chi connectivity index (χ3v) is 7.05. The fraction of sp³-hybridized carbons (Fsp3) is 0.310. The van der Waals surface area contributed by atoms with Gasteiger partial charge in [0.15, 0.2) is 6.29 Å². The Morgan fingerprint density at radius 1 is 1.06 bits per heavy atom. The highest BCUT2D eigenvalue weighted by Gasteiger charge is 2.41. The summed E-state index contributed by atoms with van der Waals surface area (Å²) in [4.78, 5) is 26.8. The summed E-state index contributed by atoms with van der Waals surface area (Å²) >= 11 is 0. The summed E-state index contributed by atoms with van der Waals surface area (Å²) in [5.41, 5.74) is 4.03. The van der Waals surface area contributed by atoms with Crippen molar-refractivity contribution in [2.75, 3.05) is 11.9 Å². The standard InChI is InChI=1S/C29H31NO3/c1-5-29(3,22-11-12-22)23-7-6-8-24(18-23)30(4)28(32)27-16-15-26(17-21(27)19-31)33-25-13-9-20(2)10-14-25/h6-10,13-19,22H,5,11-12H2,1-4H3. The molecule has 4 rings (SSSR count). The fourth-order valence-electron chi connectivity index (χ4n) is 4.46. The van der Waals surface area contributed by atoms with Crippen LogP contribution < -0.4 is 9.64 Å². The van der Waals surface area contributed by atoms with E-state index < -0.39 is 0 Å². The number of hydrogen-bond acceptors (Lipinski definition) is 3. The third-order valence-electron chi connectivity index (χ3n) is 7.05. The van der Waals surface area contributed by atoms with Crippen molar-refractivity contribution in [2.45, 2.75) is 45.4 Å². The molecular formula is C29H31NO3. The maximum absolute atomic E-state index is 13.3. The zero-order chi connectivity index (χ0) is 23.6. The summed E-state index contributed by atoms with van der Waals surface area (Å²) in [6, 6.07) is 20.9. The van der Waals surface area contributed by atoms with Crippen molar-refractivity contribution >= 4 is 17.9 Å². The van der Waals surface area contributed by atoms with E-state index in [-0.39, 0.29) is 11.3 Å². The summed E-state index contributed by atoms with van der Waals surface area (Å²) in [6.07, 6.45) is 4.31. The van der Waals surface area contributed by atoms with E-state index in [1.54, 1.807) is 30.1 Å². The first-order valence-corrected chi connectivity index (χ1v) is 11.6. The summed E-state index contributed by atoms with van der Waals surface area (Å²) in [7, 11) is 1.76. The predicted octanol–water partition coefficient (Wildman–Crippen LogP) is 6.95. The largest absolute Gasteiger partial charge is 0.457 e. The Bertz CT molecular complexity index is 1160. The van der Waals surface area contributed by atoms with Gasteiger partial charge >= 0.3 is 0 Å². The van der Waals surface area contributed by atoms with Crippen LogP contribution in [0.1, 0.15) is 65.0 Å². The van der Waals surface area contributed by atoms with E-state index in [2.05, 4.69) is 26.0 Å². The van der Waals surface area contributed by atoms with Crippen LogP contribution in [-0.2, 0) is 5.41 Å². The second-order valence-electron chi connectivity index (χ2n) is 9.24. The Morgan fingerprint density at radius 3 is 2.39 bits per heavy atom. The summed E-state index contributed by atoms with van der Waals surface area (Å²) in [6.45, 7) is 6.56. The van der Waals surface area contributed by atoms with E-state index in [1.165, 1.54) is 18.4 Å². The molecule has 4 nitrogen and oxygen atoms in total. The van der Waals surface area contributed by atoms with Crippen LogP contribution in [0.2, 0.25) is 0 Å². The number of carbonyl (C=O) groups excluding carboxylic acids is 2. The Morgan fingerprint density at radius 2 is 1.76 bits per heavy atom. The van der Waals surface area contributed by atoms with Gasteiger partial charge in [-0.25, -0.2) is 0 Å². The molecule has 0 radical (unpaired) electrons. The van der Waals surface area contributed by atoms with Crippen LogP contribution in [0.4, 0.5) is 5.69 Å². The average molecular weight is 442 g/mol. The molecule has 4 heteroatoms. The molecule has 3 aromatic rings. The number of ether oxygens (including phenoxy) is 1. The van der Waals surface area contributed by atoms with Crippen molar-refractivity contribution in [1.82, 2.24) is 0 Å². The minimum Gasteiger partial charge on any atom is -0.457 e. The molecule has 1 amide bonds. The summed E-state index contributed by atoms with van der Waals surface area (Å²) < 4.78 is 5.87. The van der Waals surface area contributed by atoms with Crippen molar-refractivity contribution in [3.63, 3.8) is 0 Å². The molecule has 1 fully saturated rings. The van der Waals surface area contributed by atoms with Gasteiger partial charge in [0.1, 0.15) is 11.5 Å². The Balaban J connectivity index is 1.58. The lowest BCUT2D eigenvalue weighted by Gasteiger charge is -2.30. The molecule has 170 valence electrons. The molecule has 1 aliphatic rings. The monoisotopic (exact) mass is 441 g/mol. The molecule has 0 saturated heterocycles. The minimum atomic E-state index is -0.222. The fourth-order valence-corrected chi connectivity index (χ4v) is 4.46. The minimum absolute atomic E-state index is 0.128. The quantitative estimate of drug-likeness (QED) is 0.355. The molecule has 0 aliphatic heterocycles. The van der Waals surface area contributed by atoms with Gasteiger partial charge in [0.25, 0.3) is 5.91 Å². The number of aldehydes is 1. The zero-order valence-corrected chi connectivity index (χ0v) is 19.8. The van der Waals surface area contributed by atoms with Gasteiger partial charge in [-0.05, 0) is 85.5 Å². The number of carbonyl (C=O) groups is 2. The number of nitrogens with zero attached hydrogens (tertiary/aromatic N) is 1. The highest BCUT2D eigenvalue weighted by molar-refractivity contribution is 6.10. The first-order valence-electron chi connectivity index (χ1n) is 11.6. The van der Waals surface area contributed by atoms with Crippen molar-refractivity contribution < 1.29 is 14.3 Å². The molecule has 33 heavy (non-hydrogen) atoms. The van der Waals surface area contributed by atoms with Crippen molar-refractivity contribution in [1.29, 1.82) is 0 Å². The lowest BCUT2D eigenvalue weighted by Crippen LogP contribution is -2.28. The molecule has 0 aromatic heterocycles. The first-order chi connectivity index (χ1) is 15.9. The predicted molar refractivity (Wildman–Crippen MR) is 133 cm³/mol. The highest BCUT2D eigenvalue weighted by Crippen LogP contribution is 2.49. The molecule has 1 aliphatic carbocycles. The lowest BCUT2D eigenvalue weighted by atomic mass is 9.75. The van der Waals surface area contributed by atoms with Gasteiger partial charge in [-0.3, -0.25) is 9.59 Å². The van der Waals surface area contributed by atoms with Gasteiger partial charge in [-0.1, -0.05) is 43.7 Å². The van der Waals surface area contributed by atoms with Crippen molar-refractivity contribution in [2.24, 2.45) is 5.92 Å². The van der Waals surface area contributed by atoms with Crippen LogP contribution >= 0.6 is 0 Å². The van der Waals surface area contributed by atoms with Gasteiger partial charge < -0.3 is 9.64 Å². The number of anilines is 1. The SMILES string of the molecule is CCC(C)(c1cccc(N(C)C(=O)c2ccc(Oc3ccc(C)cc3)cc2C=O)c1)C1CC1. The number of benzene rings is 3. The molecule has 3 aromatic carbocycles. The Kier molecular flexibility index (Phi) is 6.37. The first kappa shape index (κ1) is 22.8. The maximum atomic E-state index is 13.3. The van der Waals surface area contributed by atoms with Gasteiger partial charge in [-0.15, -0.1) is 0 Å². The second kappa shape index (κ2) is 9.22. The van der Waals surface area contributed by atoms with Gasteiger partial charge in [-0.2, -0.15) is 0 Å². The molecule has 0 bridgehead atoms. The number of rotatable bonds is 8. The average Bonchev–Trinajstić information content (AvgIpc) is 3.70. The smallest absolute Gasteiger partial charge is 0.258 e. The van der Waals surface area contributed by atoms with Crippen molar-refractivity contribution in [3.8, 4) is 11.5 Å². The summed E-state index contributed by atoms with van der Waals surface area (Å²) in [5.74, 6) is 1.69. The molecule has 0 N–H and O–H groups in total. The van der Waals surface area contributed by atoms with E-state index in [9.17, 15) is 9.59 Å². The van der Waals surface area contributed by atoms with E-state index >= 15 is 0 Å². The Labute approximate surface area is 196 Å². The molecule has 0 spiro atoms. The topological polar surface area (TPSA) is 46.6 Å². The van der Waals surface area contributed by atoms with Crippen LogP contribution in [0, 0.1) is 12.8 Å². The third kappa shape index (κ3) is 4.70. The van der Waals surface area contributed by atoms with Gasteiger partial charge in [0, 0.05) is 18.3 Å². The van der Waals surface area contributed by atoms with E-state index in [0.29, 0.717) is 34.8 Å². The van der Waals surface area contributed by atoms with Crippen LogP contribution in [-0.4, -0.2) is 19.2 Å². The highest BCUT2D eigenvalue weighted by atomic mass is 16.5. The van der Waals surface area contributed by atoms with Crippen LogP contribution in [0.3, 0.4) is 0 Å². The normalized spacial score (nSPS) is 14.9. The number of amides is 1. The van der Waals surface area contributed by atoms with E-state index in [0.717, 1.165) is 17.7 Å². The molecular weight excluding hydrogens is 410 g/mol. The Hall–Kier alpha value is -3.40. The van der Waals surface area contributed by atoms with Gasteiger partial charge in [0.2, 0.25) is 0 Å². The number of hydrogen-bond donors (Lipinski definition) is 0. The van der Waals surface area contributed by atoms with Crippen LogP contribution in [0.15, 0.2) is 66.7 Å². The molecule has 1 unspecified atom stereocenters. The lowest BCUT2D eigenvalue weighted by molar-refractivity contribution is 0.0986.